The first-order valence-electron chi connectivity index (χ1n) is 6.28. The molecule has 2 rings (SSSR count). The maximum Gasteiger partial charge on any atom is 0.303 e. The fraction of sp³-hybridized carbons (Fsp3) is 0.133. The first-order chi connectivity index (χ1) is 10.0. The fourth-order valence-electron chi connectivity index (χ4n) is 1.80. The van der Waals surface area contributed by atoms with E-state index < -0.39 is 5.97 Å². The normalized spacial score (nSPS) is 10.1. The van der Waals surface area contributed by atoms with Crippen molar-refractivity contribution in [3.63, 3.8) is 0 Å². The number of hydrogen-bond donors (Lipinski definition) is 2. The predicted octanol–water partition coefficient (Wildman–Crippen LogP) is 3.00. The third-order valence-corrected chi connectivity index (χ3v) is 3.01. The van der Waals surface area contributed by atoms with Gasteiger partial charge in [0, 0.05) is 23.9 Å². The molecule has 0 saturated carbocycles. The molecule has 0 unspecified atom stereocenters. The molecule has 21 heavy (non-hydrogen) atoms. The Kier molecular flexibility index (Phi) is 4.90. The van der Waals surface area contributed by atoms with Gasteiger partial charge < -0.3 is 10.4 Å². The van der Waals surface area contributed by atoms with Gasteiger partial charge in [0.1, 0.15) is 5.15 Å². The summed E-state index contributed by atoms with van der Waals surface area (Å²) in [5.74, 6) is -1.15. The SMILES string of the molecule is O=C(O)CCc1cccc(NC(=O)c2ccnc(Cl)c2)c1. The second-order valence-corrected chi connectivity index (χ2v) is 4.80. The van der Waals surface area contributed by atoms with Gasteiger partial charge in [-0.1, -0.05) is 23.7 Å². The molecule has 0 spiro atoms. The van der Waals surface area contributed by atoms with E-state index in [0.29, 0.717) is 17.7 Å². The average molecular weight is 305 g/mol. The lowest BCUT2D eigenvalue weighted by atomic mass is 10.1. The van der Waals surface area contributed by atoms with E-state index >= 15 is 0 Å². The number of amides is 1. The van der Waals surface area contributed by atoms with Crippen LogP contribution in [0.1, 0.15) is 22.3 Å². The lowest BCUT2D eigenvalue weighted by Gasteiger charge is -2.07. The van der Waals surface area contributed by atoms with Crippen LogP contribution in [0.15, 0.2) is 42.6 Å². The van der Waals surface area contributed by atoms with Gasteiger partial charge in [-0.25, -0.2) is 4.98 Å². The summed E-state index contributed by atoms with van der Waals surface area (Å²) in [6.45, 7) is 0. The van der Waals surface area contributed by atoms with E-state index in [4.69, 9.17) is 16.7 Å². The quantitative estimate of drug-likeness (QED) is 0.832. The maximum atomic E-state index is 12.1. The van der Waals surface area contributed by atoms with Crippen molar-refractivity contribution < 1.29 is 14.7 Å². The molecule has 0 aliphatic carbocycles. The van der Waals surface area contributed by atoms with Gasteiger partial charge in [-0.2, -0.15) is 0 Å². The first kappa shape index (κ1) is 15.0. The van der Waals surface area contributed by atoms with Gasteiger partial charge in [-0.15, -0.1) is 0 Å². The third kappa shape index (κ3) is 4.57. The molecule has 0 saturated heterocycles. The van der Waals surface area contributed by atoms with Gasteiger partial charge in [0.25, 0.3) is 5.91 Å². The van der Waals surface area contributed by atoms with Crippen LogP contribution in [0.5, 0.6) is 0 Å². The fourth-order valence-corrected chi connectivity index (χ4v) is 1.98. The molecule has 6 heteroatoms. The van der Waals surface area contributed by atoms with Crippen LogP contribution >= 0.6 is 11.6 Å². The Balaban J connectivity index is 2.07. The number of nitrogens with one attached hydrogen (secondary N) is 1. The number of pyridine rings is 1. The standard InChI is InChI=1S/C15H13ClN2O3/c16-13-9-11(6-7-17-13)15(21)18-12-3-1-2-10(8-12)4-5-14(19)20/h1-3,6-9H,4-5H2,(H,18,21)(H,19,20). The van der Waals surface area contributed by atoms with Crippen LogP contribution in [0.4, 0.5) is 5.69 Å². The number of halogens is 1. The Morgan fingerprint density at radius 2 is 2.05 bits per heavy atom. The molecule has 0 bridgehead atoms. The molecule has 2 aromatic rings. The molecule has 1 aromatic carbocycles. The minimum Gasteiger partial charge on any atom is -0.481 e. The number of rotatable bonds is 5. The lowest BCUT2D eigenvalue weighted by molar-refractivity contribution is -0.136. The maximum absolute atomic E-state index is 12.1. The minimum atomic E-state index is -0.851. The second kappa shape index (κ2) is 6.85. The second-order valence-electron chi connectivity index (χ2n) is 4.42. The van der Waals surface area contributed by atoms with Gasteiger partial charge in [0.15, 0.2) is 0 Å². The minimum absolute atomic E-state index is 0.0529. The van der Waals surface area contributed by atoms with E-state index in [1.807, 2.05) is 6.07 Å². The number of aliphatic carboxylic acids is 1. The summed E-state index contributed by atoms with van der Waals surface area (Å²) in [5, 5.41) is 11.7. The molecule has 1 amide bonds. The van der Waals surface area contributed by atoms with Gasteiger partial charge in [-0.05, 0) is 36.2 Å². The van der Waals surface area contributed by atoms with E-state index in [9.17, 15) is 9.59 Å². The van der Waals surface area contributed by atoms with E-state index in [0.717, 1.165) is 5.56 Å². The topological polar surface area (TPSA) is 79.3 Å². The van der Waals surface area contributed by atoms with Gasteiger partial charge >= 0.3 is 5.97 Å². The molecular weight excluding hydrogens is 292 g/mol. The Hall–Kier alpha value is -2.40. The van der Waals surface area contributed by atoms with Gasteiger partial charge in [0.2, 0.25) is 0 Å². The van der Waals surface area contributed by atoms with E-state index in [1.54, 1.807) is 24.3 Å². The summed E-state index contributed by atoms with van der Waals surface area (Å²) in [6.07, 6.45) is 1.93. The summed E-state index contributed by atoms with van der Waals surface area (Å²) < 4.78 is 0. The molecule has 1 aromatic heterocycles. The third-order valence-electron chi connectivity index (χ3n) is 2.80. The molecule has 2 N–H and O–H groups in total. The number of nitrogens with zero attached hydrogens (tertiary/aromatic N) is 1. The zero-order chi connectivity index (χ0) is 15.2. The van der Waals surface area contributed by atoms with Crippen molar-refractivity contribution in [2.24, 2.45) is 0 Å². The number of aryl methyl sites for hydroxylation is 1. The monoisotopic (exact) mass is 304 g/mol. The van der Waals surface area contributed by atoms with Crippen molar-refractivity contribution in [3.05, 3.63) is 58.9 Å². The molecule has 0 atom stereocenters. The largest absolute Gasteiger partial charge is 0.481 e. The number of carbonyl (C=O) groups is 2. The smallest absolute Gasteiger partial charge is 0.303 e. The number of benzene rings is 1. The summed E-state index contributed by atoms with van der Waals surface area (Å²) in [7, 11) is 0. The van der Waals surface area contributed by atoms with E-state index in [2.05, 4.69) is 10.3 Å². The molecule has 0 aliphatic rings. The Bertz CT molecular complexity index is 673. The van der Waals surface area contributed by atoms with Crippen molar-refractivity contribution in [3.8, 4) is 0 Å². The number of carbonyl (C=O) groups excluding carboxylic acids is 1. The van der Waals surface area contributed by atoms with Crippen LogP contribution in [0.3, 0.4) is 0 Å². The molecule has 0 aliphatic heterocycles. The van der Waals surface area contributed by atoms with Crippen LogP contribution in [0.25, 0.3) is 0 Å². The summed E-state index contributed by atoms with van der Waals surface area (Å²) in [4.78, 5) is 26.4. The number of hydrogen-bond acceptors (Lipinski definition) is 3. The van der Waals surface area contributed by atoms with E-state index in [-0.39, 0.29) is 17.5 Å². The van der Waals surface area contributed by atoms with Crippen molar-refractivity contribution in [2.45, 2.75) is 12.8 Å². The van der Waals surface area contributed by atoms with Crippen molar-refractivity contribution >= 4 is 29.2 Å². The summed E-state index contributed by atoms with van der Waals surface area (Å²) >= 11 is 5.74. The van der Waals surface area contributed by atoms with Crippen LogP contribution in [-0.4, -0.2) is 22.0 Å². The highest BCUT2D eigenvalue weighted by Crippen LogP contribution is 2.14. The van der Waals surface area contributed by atoms with Crippen molar-refractivity contribution in [1.82, 2.24) is 4.98 Å². The highest BCUT2D eigenvalue weighted by Gasteiger charge is 2.07. The summed E-state index contributed by atoms with van der Waals surface area (Å²) in [5.41, 5.74) is 1.87. The van der Waals surface area contributed by atoms with E-state index in [1.165, 1.54) is 12.3 Å². The number of anilines is 1. The zero-order valence-corrected chi connectivity index (χ0v) is 11.8. The summed E-state index contributed by atoms with van der Waals surface area (Å²) in [6, 6.07) is 10.1. The first-order valence-corrected chi connectivity index (χ1v) is 6.66. The van der Waals surface area contributed by atoms with Crippen LogP contribution in [0, 0.1) is 0 Å². The average Bonchev–Trinajstić information content (AvgIpc) is 2.45. The van der Waals surface area contributed by atoms with Crippen LogP contribution < -0.4 is 5.32 Å². The highest BCUT2D eigenvalue weighted by molar-refractivity contribution is 6.29. The van der Waals surface area contributed by atoms with Gasteiger partial charge in [-0.3, -0.25) is 9.59 Å². The molecule has 108 valence electrons. The molecule has 0 fully saturated rings. The molecule has 1 heterocycles. The Labute approximate surface area is 126 Å². The zero-order valence-electron chi connectivity index (χ0n) is 11.0. The molecule has 0 radical (unpaired) electrons. The van der Waals surface area contributed by atoms with Crippen LogP contribution in [0.2, 0.25) is 5.15 Å². The Morgan fingerprint density at radius 3 is 2.76 bits per heavy atom. The van der Waals surface area contributed by atoms with Crippen LogP contribution in [-0.2, 0) is 11.2 Å². The highest BCUT2D eigenvalue weighted by atomic mass is 35.5. The number of carboxylic acids is 1. The number of aromatic nitrogens is 1. The van der Waals surface area contributed by atoms with Crippen molar-refractivity contribution in [2.75, 3.05) is 5.32 Å². The molecular formula is C15H13ClN2O3. The number of carboxylic acid groups (broad SMARTS) is 1. The molecule has 5 nitrogen and oxygen atoms in total. The van der Waals surface area contributed by atoms with Gasteiger partial charge in [0.05, 0.1) is 0 Å². The lowest BCUT2D eigenvalue weighted by Crippen LogP contribution is -2.12. The Morgan fingerprint density at radius 1 is 1.24 bits per heavy atom. The van der Waals surface area contributed by atoms with Crippen molar-refractivity contribution in [1.29, 1.82) is 0 Å². The predicted molar refractivity (Wildman–Crippen MR) is 79.6 cm³/mol.